The van der Waals surface area contributed by atoms with E-state index in [1.165, 1.54) is 24.3 Å². The van der Waals surface area contributed by atoms with Gasteiger partial charge in [0.15, 0.2) is 0 Å². The summed E-state index contributed by atoms with van der Waals surface area (Å²) in [5, 5.41) is -0.980. The monoisotopic (exact) mass is 352 g/mol. The van der Waals surface area contributed by atoms with E-state index >= 15 is 0 Å². The Hall–Kier alpha value is -2.02. The fourth-order valence-electron chi connectivity index (χ4n) is 2.02. The summed E-state index contributed by atoms with van der Waals surface area (Å²) in [5.41, 5.74) is -3.60. The maximum Gasteiger partial charge on any atom is 0.416 e. The molecule has 0 bridgehead atoms. The van der Waals surface area contributed by atoms with E-state index in [2.05, 4.69) is 0 Å². The molecule has 0 atom stereocenters. The van der Waals surface area contributed by atoms with Crippen LogP contribution in [0.5, 0.6) is 0 Å². The van der Waals surface area contributed by atoms with Crippen molar-refractivity contribution in [1.82, 2.24) is 0 Å². The molecule has 2 aromatic rings. The number of carbonyl (C=O) groups is 1. The molecule has 0 spiro atoms. The molecule has 0 N–H and O–H groups in total. The second-order valence-electron chi connectivity index (χ2n) is 4.61. The van der Waals surface area contributed by atoms with Gasteiger partial charge in [-0.2, -0.15) is 26.3 Å². The van der Waals surface area contributed by atoms with Crippen molar-refractivity contribution in [3.63, 3.8) is 0 Å². The van der Waals surface area contributed by atoms with E-state index in [1.54, 1.807) is 0 Å². The number of benzene rings is 2. The molecule has 0 amide bonds. The lowest BCUT2D eigenvalue weighted by Gasteiger charge is -2.15. The van der Waals surface area contributed by atoms with Crippen LogP contribution in [0, 0.1) is 0 Å². The summed E-state index contributed by atoms with van der Waals surface area (Å²) in [4.78, 5) is 11.3. The van der Waals surface area contributed by atoms with Crippen LogP contribution in [0.1, 0.15) is 21.5 Å². The smallest absolute Gasteiger partial charge is 0.276 e. The van der Waals surface area contributed by atoms with E-state index < -0.39 is 34.3 Å². The van der Waals surface area contributed by atoms with Gasteiger partial charge in [0, 0.05) is 5.56 Å². The minimum Gasteiger partial charge on any atom is -0.276 e. The lowest BCUT2D eigenvalue weighted by atomic mass is 9.96. The largest absolute Gasteiger partial charge is 0.416 e. The number of rotatable bonds is 2. The van der Waals surface area contributed by atoms with Gasteiger partial charge in [-0.25, -0.2) is 0 Å². The predicted octanol–water partition coefficient (Wildman–Crippen LogP) is 5.77. The standard InChI is InChI=1S/C15H7ClF6O/c16-13(23)12-4-2-1-3-11(12)8-5-9(14(17,18)19)7-10(6-8)15(20,21)22/h1-7H. The molecule has 0 aliphatic heterocycles. The molecular weight excluding hydrogens is 346 g/mol. The molecule has 2 aromatic carbocycles. The Morgan fingerprint density at radius 3 is 1.74 bits per heavy atom. The molecule has 0 saturated heterocycles. The summed E-state index contributed by atoms with van der Waals surface area (Å²) >= 11 is 5.33. The van der Waals surface area contributed by atoms with Crippen molar-refractivity contribution < 1.29 is 31.1 Å². The predicted molar refractivity (Wildman–Crippen MR) is 72.1 cm³/mol. The summed E-state index contributed by atoms with van der Waals surface area (Å²) in [6, 6.07) is 6.35. The second kappa shape index (κ2) is 5.88. The molecule has 0 aliphatic rings. The van der Waals surface area contributed by atoms with Crippen LogP contribution < -0.4 is 0 Å². The third kappa shape index (κ3) is 3.85. The van der Waals surface area contributed by atoms with Crippen molar-refractivity contribution in [3.8, 4) is 11.1 Å². The molecule has 0 unspecified atom stereocenters. The highest BCUT2D eigenvalue weighted by atomic mass is 35.5. The second-order valence-corrected chi connectivity index (χ2v) is 4.96. The summed E-state index contributed by atoms with van der Waals surface area (Å²) in [5.74, 6) is 0. The topological polar surface area (TPSA) is 17.1 Å². The molecule has 0 aromatic heterocycles. The number of carbonyl (C=O) groups excluding carboxylic acids is 1. The maximum absolute atomic E-state index is 12.9. The van der Waals surface area contributed by atoms with Crippen LogP contribution in [-0.2, 0) is 12.4 Å². The Labute approximate surface area is 131 Å². The number of hydrogen-bond donors (Lipinski definition) is 0. The van der Waals surface area contributed by atoms with Gasteiger partial charge in [-0.15, -0.1) is 0 Å². The quantitative estimate of drug-likeness (QED) is 0.495. The first kappa shape index (κ1) is 17.3. The SMILES string of the molecule is O=C(Cl)c1ccccc1-c1cc(C(F)(F)F)cc(C(F)(F)F)c1. The Balaban J connectivity index is 2.75. The number of hydrogen-bond acceptors (Lipinski definition) is 1. The molecule has 1 nitrogen and oxygen atoms in total. The van der Waals surface area contributed by atoms with Gasteiger partial charge in [-0.3, -0.25) is 4.79 Å². The molecule has 0 saturated carbocycles. The van der Waals surface area contributed by atoms with Crippen LogP contribution >= 0.6 is 11.6 Å². The Bertz CT molecular complexity index is 716. The molecule has 0 heterocycles. The van der Waals surface area contributed by atoms with E-state index in [0.717, 1.165) is 0 Å². The molecule has 2 rings (SSSR count). The highest BCUT2D eigenvalue weighted by molar-refractivity contribution is 6.68. The minimum absolute atomic E-state index is 0.0225. The van der Waals surface area contributed by atoms with Crippen molar-refractivity contribution in [2.45, 2.75) is 12.4 Å². The van der Waals surface area contributed by atoms with Crippen LogP contribution in [0.25, 0.3) is 11.1 Å². The first-order valence-corrected chi connectivity index (χ1v) is 6.46. The zero-order valence-electron chi connectivity index (χ0n) is 11.1. The Morgan fingerprint density at radius 2 is 1.30 bits per heavy atom. The van der Waals surface area contributed by atoms with Crippen molar-refractivity contribution in [2.24, 2.45) is 0 Å². The highest BCUT2D eigenvalue weighted by Gasteiger charge is 2.37. The van der Waals surface area contributed by atoms with E-state index in [0.29, 0.717) is 12.1 Å². The lowest BCUT2D eigenvalue weighted by Crippen LogP contribution is -2.11. The van der Waals surface area contributed by atoms with Crippen LogP contribution in [0.2, 0.25) is 0 Å². The van der Waals surface area contributed by atoms with Crippen LogP contribution in [0.3, 0.4) is 0 Å². The van der Waals surface area contributed by atoms with Gasteiger partial charge in [0.25, 0.3) is 5.24 Å². The molecule has 8 heteroatoms. The third-order valence-corrected chi connectivity index (χ3v) is 3.24. The van der Waals surface area contributed by atoms with Gasteiger partial charge in [0.05, 0.1) is 11.1 Å². The third-order valence-electron chi connectivity index (χ3n) is 3.04. The molecule has 0 radical (unpaired) electrons. The lowest BCUT2D eigenvalue weighted by molar-refractivity contribution is -0.143. The van der Waals surface area contributed by atoms with Crippen LogP contribution in [-0.4, -0.2) is 5.24 Å². The maximum atomic E-state index is 12.9. The summed E-state index contributed by atoms with van der Waals surface area (Å²) in [7, 11) is 0. The van der Waals surface area contributed by atoms with Gasteiger partial charge in [0.1, 0.15) is 0 Å². The van der Waals surface area contributed by atoms with E-state index in [4.69, 9.17) is 11.6 Å². The van der Waals surface area contributed by atoms with Gasteiger partial charge >= 0.3 is 12.4 Å². The number of alkyl halides is 6. The summed E-state index contributed by atoms with van der Waals surface area (Å²) < 4.78 is 77.1. The van der Waals surface area contributed by atoms with Gasteiger partial charge in [-0.1, -0.05) is 18.2 Å². The zero-order valence-corrected chi connectivity index (χ0v) is 11.9. The van der Waals surface area contributed by atoms with Gasteiger partial charge < -0.3 is 0 Å². The van der Waals surface area contributed by atoms with Crippen LogP contribution in [0.15, 0.2) is 42.5 Å². The van der Waals surface area contributed by atoms with Crippen molar-refractivity contribution in [1.29, 1.82) is 0 Å². The van der Waals surface area contributed by atoms with Gasteiger partial charge in [-0.05, 0) is 47.0 Å². The van der Waals surface area contributed by atoms with E-state index in [1.807, 2.05) is 0 Å². The van der Waals surface area contributed by atoms with E-state index in [9.17, 15) is 31.1 Å². The Morgan fingerprint density at radius 1 is 0.826 bits per heavy atom. The van der Waals surface area contributed by atoms with Crippen molar-refractivity contribution >= 4 is 16.8 Å². The fraction of sp³-hybridized carbons (Fsp3) is 0.133. The van der Waals surface area contributed by atoms with E-state index in [-0.39, 0.29) is 17.2 Å². The molecular formula is C15H7ClF6O. The molecule has 0 aliphatic carbocycles. The highest BCUT2D eigenvalue weighted by Crippen LogP contribution is 2.39. The Kier molecular flexibility index (Phi) is 4.43. The number of halogens is 7. The molecule has 23 heavy (non-hydrogen) atoms. The summed E-state index contributed by atoms with van der Waals surface area (Å²) in [6.07, 6.45) is -9.92. The average Bonchev–Trinajstić information content (AvgIpc) is 2.45. The zero-order chi connectivity index (χ0) is 17.4. The first-order chi connectivity index (χ1) is 10.5. The van der Waals surface area contributed by atoms with Crippen LogP contribution in [0.4, 0.5) is 26.3 Å². The van der Waals surface area contributed by atoms with Crippen molar-refractivity contribution in [2.75, 3.05) is 0 Å². The normalized spacial score (nSPS) is 12.3. The fourth-order valence-corrected chi connectivity index (χ4v) is 2.18. The minimum atomic E-state index is -4.96. The first-order valence-electron chi connectivity index (χ1n) is 6.09. The van der Waals surface area contributed by atoms with Gasteiger partial charge in [0.2, 0.25) is 0 Å². The summed E-state index contributed by atoms with van der Waals surface area (Å²) in [6.45, 7) is 0. The molecule has 122 valence electrons. The average molecular weight is 353 g/mol. The molecule has 0 fully saturated rings. The van der Waals surface area contributed by atoms with Crippen molar-refractivity contribution in [3.05, 3.63) is 59.2 Å².